The summed E-state index contributed by atoms with van der Waals surface area (Å²) >= 11 is 0. The van der Waals surface area contributed by atoms with E-state index in [9.17, 15) is 0 Å². The van der Waals surface area contributed by atoms with Gasteiger partial charge in [-0.15, -0.1) is 10.2 Å². The number of hydrogen-bond donors (Lipinski definition) is 2. The highest BCUT2D eigenvalue weighted by Gasteiger charge is 2.21. The van der Waals surface area contributed by atoms with Crippen LogP contribution in [-0.2, 0) is 0 Å². The summed E-state index contributed by atoms with van der Waals surface area (Å²) in [5.41, 5.74) is 5.83. The van der Waals surface area contributed by atoms with Crippen LogP contribution in [0.4, 0.5) is 0 Å². The molecule has 0 radical (unpaired) electrons. The molecule has 160 valence electrons. The summed E-state index contributed by atoms with van der Waals surface area (Å²) in [6, 6.07) is 27.1. The molecule has 5 heteroatoms. The van der Waals surface area contributed by atoms with Gasteiger partial charge in [-0.1, -0.05) is 66.2 Å². The third-order valence-corrected chi connectivity index (χ3v) is 5.94. The Bertz CT molecular complexity index is 1300. The minimum atomic E-state index is -0.0712. The molecule has 2 heterocycles. The van der Waals surface area contributed by atoms with Crippen LogP contribution in [0.1, 0.15) is 41.5 Å². The van der Waals surface area contributed by atoms with Crippen LogP contribution in [0.25, 0.3) is 22.4 Å². The van der Waals surface area contributed by atoms with E-state index in [1.807, 2.05) is 24.3 Å². The van der Waals surface area contributed by atoms with Crippen LogP contribution in [0.2, 0.25) is 0 Å². The molecule has 0 bridgehead atoms. The molecule has 0 aliphatic carbocycles. The zero-order valence-electron chi connectivity index (χ0n) is 18.2. The number of hydrogen-bond acceptors (Lipinski definition) is 4. The van der Waals surface area contributed by atoms with E-state index in [2.05, 4.69) is 95.1 Å². The molecular weight excluding hydrogens is 396 g/mol. The smallest absolute Gasteiger partial charge is 0.247 e. The second-order valence-electron chi connectivity index (χ2n) is 8.19. The standard InChI is InChI=1S/C27H26N4O/c1-18-12-14-21(15-13-18)27-31-30-26(32-27)19(2)28-16-23(20-8-4-3-5-9-20)24-17-29-25-11-7-6-10-22(24)25/h3-15,17,19,23,28-29H,16H2,1-2H3. The Hall–Kier alpha value is -3.70. The first-order valence-electron chi connectivity index (χ1n) is 10.9. The van der Waals surface area contributed by atoms with Crippen molar-refractivity contribution in [3.63, 3.8) is 0 Å². The maximum Gasteiger partial charge on any atom is 0.247 e. The fraction of sp³-hybridized carbons (Fsp3) is 0.185. The summed E-state index contributed by atoms with van der Waals surface area (Å²) < 4.78 is 5.98. The second-order valence-corrected chi connectivity index (χ2v) is 8.19. The molecule has 0 saturated carbocycles. The van der Waals surface area contributed by atoms with Gasteiger partial charge in [0.05, 0.1) is 6.04 Å². The van der Waals surface area contributed by atoms with Crippen molar-refractivity contribution in [1.29, 1.82) is 0 Å². The molecule has 2 N–H and O–H groups in total. The molecule has 5 rings (SSSR count). The van der Waals surface area contributed by atoms with Crippen molar-refractivity contribution in [1.82, 2.24) is 20.5 Å². The number of nitrogens with zero attached hydrogens (tertiary/aromatic N) is 2. The number of H-pyrrole nitrogens is 1. The summed E-state index contributed by atoms with van der Waals surface area (Å²) in [5, 5.41) is 13.4. The van der Waals surface area contributed by atoms with E-state index in [1.54, 1.807) is 0 Å². The summed E-state index contributed by atoms with van der Waals surface area (Å²) in [4.78, 5) is 3.41. The summed E-state index contributed by atoms with van der Waals surface area (Å²) in [5.74, 6) is 1.32. The van der Waals surface area contributed by atoms with Crippen LogP contribution in [0.3, 0.4) is 0 Å². The van der Waals surface area contributed by atoms with Gasteiger partial charge in [-0.3, -0.25) is 0 Å². The molecule has 0 amide bonds. The Morgan fingerprint density at radius 3 is 2.47 bits per heavy atom. The van der Waals surface area contributed by atoms with Crippen molar-refractivity contribution in [2.24, 2.45) is 0 Å². The third-order valence-electron chi connectivity index (χ3n) is 5.94. The van der Waals surface area contributed by atoms with Gasteiger partial charge in [0.25, 0.3) is 0 Å². The molecule has 3 aromatic carbocycles. The monoisotopic (exact) mass is 422 g/mol. The van der Waals surface area contributed by atoms with Gasteiger partial charge in [0.1, 0.15) is 0 Å². The lowest BCUT2D eigenvalue weighted by atomic mass is 9.90. The van der Waals surface area contributed by atoms with Crippen LogP contribution < -0.4 is 5.32 Å². The minimum Gasteiger partial charge on any atom is -0.419 e. The van der Waals surface area contributed by atoms with Crippen molar-refractivity contribution in [2.45, 2.75) is 25.8 Å². The van der Waals surface area contributed by atoms with Gasteiger partial charge >= 0.3 is 0 Å². The topological polar surface area (TPSA) is 66.7 Å². The van der Waals surface area contributed by atoms with Crippen LogP contribution in [-0.4, -0.2) is 21.7 Å². The van der Waals surface area contributed by atoms with Gasteiger partial charge in [0, 0.05) is 35.1 Å². The molecule has 0 aliphatic rings. The molecule has 2 atom stereocenters. The van der Waals surface area contributed by atoms with Gasteiger partial charge in [-0.2, -0.15) is 0 Å². The van der Waals surface area contributed by atoms with Crippen LogP contribution >= 0.6 is 0 Å². The van der Waals surface area contributed by atoms with Crippen molar-refractivity contribution in [3.05, 3.63) is 108 Å². The molecule has 0 aliphatic heterocycles. The summed E-state index contributed by atoms with van der Waals surface area (Å²) in [6.07, 6.45) is 2.12. The molecule has 5 aromatic rings. The number of para-hydroxylation sites is 1. The summed E-state index contributed by atoms with van der Waals surface area (Å²) in [7, 11) is 0. The maximum atomic E-state index is 5.98. The van der Waals surface area contributed by atoms with Crippen molar-refractivity contribution in [2.75, 3.05) is 6.54 Å². The number of rotatable bonds is 7. The Balaban J connectivity index is 1.37. The highest BCUT2D eigenvalue weighted by molar-refractivity contribution is 5.84. The number of fused-ring (bicyclic) bond motifs is 1. The average molecular weight is 423 g/mol. The number of aromatic amines is 1. The van der Waals surface area contributed by atoms with E-state index in [-0.39, 0.29) is 12.0 Å². The first-order chi connectivity index (χ1) is 15.7. The van der Waals surface area contributed by atoms with Crippen LogP contribution in [0.5, 0.6) is 0 Å². The van der Waals surface area contributed by atoms with Crippen molar-refractivity contribution < 1.29 is 4.42 Å². The predicted octanol–water partition coefficient (Wildman–Crippen LogP) is 6.01. The molecule has 5 nitrogen and oxygen atoms in total. The predicted molar refractivity (Wildman–Crippen MR) is 127 cm³/mol. The molecule has 0 fully saturated rings. The average Bonchev–Trinajstić information content (AvgIpc) is 3.49. The maximum absolute atomic E-state index is 5.98. The van der Waals surface area contributed by atoms with E-state index in [4.69, 9.17) is 4.42 Å². The Labute approximate surface area is 187 Å². The fourth-order valence-corrected chi connectivity index (χ4v) is 4.08. The van der Waals surface area contributed by atoms with Gasteiger partial charge in [-0.05, 0) is 43.2 Å². The quantitative estimate of drug-likeness (QED) is 0.337. The SMILES string of the molecule is Cc1ccc(-c2nnc(C(C)NCC(c3ccccc3)c3c[nH]c4ccccc34)o2)cc1. The Kier molecular flexibility index (Phi) is 5.57. The first-order valence-corrected chi connectivity index (χ1v) is 10.9. The molecule has 0 saturated heterocycles. The minimum absolute atomic E-state index is 0.0712. The zero-order chi connectivity index (χ0) is 21.9. The number of nitrogens with one attached hydrogen (secondary N) is 2. The van der Waals surface area contributed by atoms with E-state index in [0.29, 0.717) is 11.8 Å². The van der Waals surface area contributed by atoms with Gasteiger partial charge < -0.3 is 14.7 Å². The van der Waals surface area contributed by atoms with Gasteiger partial charge in [0.2, 0.25) is 11.8 Å². The highest BCUT2D eigenvalue weighted by Crippen LogP contribution is 2.31. The zero-order valence-corrected chi connectivity index (χ0v) is 18.2. The first kappa shape index (κ1) is 20.2. The van der Waals surface area contributed by atoms with Crippen molar-refractivity contribution >= 4 is 10.9 Å². The van der Waals surface area contributed by atoms with E-state index >= 15 is 0 Å². The van der Waals surface area contributed by atoms with Crippen LogP contribution in [0.15, 0.2) is 89.5 Å². The van der Waals surface area contributed by atoms with Gasteiger partial charge in [0.15, 0.2) is 0 Å². The van der Waals surface area contributed by atoms with E-state index in [1.165, 1.54) is 22.1 Å². The molecule has 2 unspecified atom stereocenters. The van der Waals surface area contributed by atoms with Crippen LogP contribution in [0, 0.1) is 6.92 Å². The largest absolute Gasteiger partial charge is 0.419 e. The van der Waals surface area contributed by atoms with Gasteiger partial charge in [-0.25, -0.2) is 0 Å². The second kappa shape index (κ2) is 8.81. The normalized spacial score (nSPS) is 13.3. The van der Waals surface area contributed by atoms with E-state index < -0.39 is 0 Å². The number of aromatic nitrogens is 3. The lowest BCUT2D eigenvalue weighted by molar-refractivity contribution is 0.418. The van der Waals surface area contributed by atoms with Crippen molar-refractivity contribution in [3.8, 4) is 11.5 Å². The molecule has 32 heavy (non-hydrogen) atoms. The van der Waals surface area contributed by atoms with E-state index in [0.717, 1.165) is 17.6 Å². The highest BCUT2D eigenvalue weighted by atomic mass is 16.4. The Morgan fingerprint density at radius 1 is 0.906 bits per heavy atom. The molecular formula is C27H26N4O. The fourth-order valence-electron chi connectivity index (χ4n) is 4.08. The summed E-state index contributed by atoms with van der Waals surface area (Å²) in [6.45, 7) is 4.87. The number of aryl methyl sites for hydroxylation is 1. The number of benzene rings is 3. The lowest BCUT2D eigenvalue weighted by Gasteiger charge is -2.20. The lowest BCUT2D eigenvalue weighted by Crippen LogP contribution is -2.25. The Morgan fingerprint density at radius 2 is 1.66 bits per heavy atom. The molecule has 0 spiro atoms. The molecule has 2 aromatic heterocycles. The third kappa shape index (κ3) is 4.07.